The van der Waals surface area contributed by atoms with Crippen LogP contribution >= 0.6 is 0 Å². The van der Waals surface area contributed by atoms with Crippen molar-refractivity contribution < 1.29 is 19.1 Å². The van der Waals surface area contributed by atoms with Crippen LogP contribution in [0.25, 0.3) is 0 Å². The lowest BCUT2D eigenvalue weighted by molar-refractivity contribution is -0.159. The fourth-order valence-electron chi connectivity index (χ4n) is 2.45. The largest absolute Gasteiger partial charge is 0.479 e. The van der Waals surface area contributed by atoms with Gasteiger partial charge in [-0.25, -0.2) is 4.79 Å². The normalized spacial score (nSPS) is 12.8. The number of carbonyl (C=O) groups excluding carboxylic acids is 2. The lowest BCUT2D eigenvalue weighted by Gasteiger charge is -2.18. The molecule has 1 amide bonds. The number of ether oxygens (including phenoxy) is 2. The van der Waals surface area contributed by atoms with Crippen LogP contribution in [0.4, 0.5) is 5.69 Å². The molecule has 2 aromatic rings. The average molecular weight is 355 g/mol. The van der Waals surface area contributed by atoms with E-state index in [0.29, 0.717) is 11.4 Å². The summed E-state index contributed by atoms with van der Waals surface area (Å²) in [4.78, 5) is 24.5. The molecule has 0 fully saturated rings. The highest BCUT2D eigenvalue weighted by molar-refractivity contribution is 5.95. The third kappa shape index (κ3) is 5.34. The number of carbonyl (C=O) groups is 2. The van der Waals surface area contributed by atoms with E-state index in [4.69, 9.17) is 9.47 Å². The van der Waals surface area contributed by atoms with Crippen LogP contribution < -0.4 is 10.1 Å². The Morgan fingerprint density at radius 3 is 2.27 bits per heavy atom. The van der Waals surface area contributed by atoms with Crippen LogP contribution in [0, 0.1) is 20.8 Å². The maximum atomic E-state index is 12.3. The van der Waals surface area contributed by atoms with Crippen LogP contribution in [0.2, 0.25) is 0 Å². The number of hydrogen-bond donors (Lipinski definition) is 1. The van der Waals surface area contributed by atoms with Crippen LogP contribution in [-0.4, -0.2) is 24.1 Å². The molecule has 2 aromatic carbocycles. The Bertz CT molecular complexity index is 800. The van der Waals surface area contributed by atoms with E-state index in [9.17, 15) is 9.59 Å². The Kier molecular flexibility index (Phi) is 6.39. The van der Waals surface area contributed by atoms with Gasteiger partial charge in [-0.2, -0.15) is 0 Å². The zero-order valence-corrected chi connectivity index (χ0v) is 15.8. The van der Waals surface area contributed by atoms with E-state index in [-0.39, 0.29) is 5.91 Å². The van der Waals surface area contributed by atoms with Crippen LogP contribution in [-0.2, 0) is 14.3 Å². The molecule has 26 heavy (non-hydrogen) atoms. The smallest absolute Gasteiger partial charge is 0.347 e. The van der Waals surface area contributed by atoms with E-state index in [1.54, 1.807) is 13.0 Å². The molecule has 0 aliphatic carbocycles. The third-order valence-corrected chi connectivity index (χ3v) is 3.94. The van der Waals surface area contributed by atoms with Gasteiger partial charge in [-0.15, -0.1) is 0 Å². The maximum Gasteiger partial charge on any atom is 0.347 e. The molecule has 0 saturated carbocycles. The van der Waals surface area contributed by atoms with Crippen LogP contribution in [0.5, 0.6) is 5.75 Å². The maximum absolute atomic E-state index is 12.3. The quantitative estimate of drug-likeness (QED) is 0.797. The standard InChI is InChI=1S/C21H25NO4/c1-13-7-6-8-18(12-13)25-17(5)21(24)26-16(4)20(23)22-19-10-9-14(2)11-15(19)3/h6-12,16-17H,1-5H3,(H,22,23)/t16-,17+/m1/s1. The predicted octanol–water partition coefficient (Wildman–Crippen LogP) is 3.95. The zero-order valence-electron chi connectivity index (χ0n) is 15.8. The number of benzene rings is 2. The molecule has 0 aliphatic heterocycles. The number of anilines is 1. The summed E-state index contributed by atoms with van der Waals surface area (Å²) in [7, 11) is 0. The minimum Gasteiger partial charge on any atom is -0.479 e. The summed E-state index contributed by atoms with van der Waals surface area (Å²) >= 11 is 0. The molecule has 0 spiro atoms. The highest BCUT2D eigenvalue weighted by Gasteiger charge is 2.23. The molecule has 1 N–H and O–H groups in total. The van der Waals surface area contributed by atoms with Gasteiger partial charge in [0.15, 0.2) is 12.2 Å². The molecule has 0 heterocycles. The van der Waals surface area contributed by atoms with Crippen LogP contribution in [0.1, 0.15) is 30.5 Å². The van der Waals surface area contributed by atoms with Gasteiger partial charge in [-0.3, -0.25) is 4.79 Å². The SMILES string of the molecule is Cc1cccc(O[C@@H](C)C(=O)O[C@H](C)C(=O)Nc2ccc(C)cc2C)c1. The first-order chi connectivity index (χ1) is 12.3. The summed E-state index contributed by atoms with van der Waals surface area (Å²) in [5.41, 5.74) is 3.80. The van der Waals surface area contributed by atoms with Gasteiger partial charge >= 0.3 is 5.97 Å². The first-order valence-corrected chi connectivity index (χ1v) is 8.58. The van der Waals surface area contributed by atoms with Gasteiger partial charge in [0.2, 0.25) is 0 Å². The second-order valence-electron chi connectivity index (χ2n) is 6.46. The number of nitrogens with one attached hydrogen (secondary N) is 1. The van der Waals surface area contributed by atoms with E-state index in [2.05, 4.69) is 5.32 Å². The van der Waals surface area contributed by atoms with Crippen molar-refractivity contribution in [2.24, 2.45) is 0 Å². The van der Waals surface area contributed by atoms with E-state index in [0.717, 1.165) is 16.7 Å². The molecule has 0 saturated heterocycles. The Labute approximate surface area is 154 Å². The fourth-order valence-corrected chi connectivity index (χ4v) is 2.45. The summed E-state index contributed by atoms with van der Waals surface area (Å²) in [6.45, 7) is 8.97. The third-order valence-electron chi connectivity index (χ3n) is 3.94. The topological polar surface area (TPSA) is 64.6 Å². The van der Waals surface area contributed by atoms with Crippen molar-refractivity contribution in [1.82, 2.24) is 0 Å². The number of aryl methyl sites for hydroxylation is 3. The van der Waals surface area contributed by atoms with Crippen molar-refractivity contribution in [1.29, 1.82) is 0 Å². The summed E-state index contributed by atoms with van der Waals surface area (Å²) in [6, 6.07) is 13.1. The Morgan fingerprint density at radius 2 is 1.62 bits per heavy atom. The Morgan fingerprint density at radius 1 is 0.923 bits per heavy atom. The molecule has 0 radical (unpaired) electrons. The summed E-state index contributed by atoms with van der Waals surface area (Å²) in [5.74, 6) is -0.385. The Balaban J connectivity index is 1.91. The van der Waals surface area contributed by atoms with Crippen LogP contribution in [0.15, 0.2) is 42.5 Å². The lowest BCUT2D eigenvalue weighted by atomic mass is 10.1. The van der Waals surface area contributed by atoms with Gasteiger partial charge in [-0.05, 0) is 63.9 Å². The molecule has 2 rings (SSSR count). The highest BCUT2D eigenvalue weighted by atomic mass is 16.6. The molecule has 5 nitrogen and oxygen atoms in total. The zero-order chi connectivity index (χ0) is 19.3. The first-order valence-electron chi connectivity index (χ1n) is 8.58. The van der Waals surface area contributed by atoms with Gasteiger partial charge in [-0.1, -0.05) is 29.8 Å². The van der Waals surface area contributed by atoms with Crippen molar-refractivity contribution in [2.75, 3.05) is 5.32 Å². The molecule has 138 valence electrons. The van der Waals surface area contributed by atoms with Gasteiger partial charge in [0, 0.05) is 5.69 Å². The minimum absolute atomic E-state index is 0.381. The molecular weight excluding hydrogens is 330 g/mol. The monoisotopic (exact) mass is 355 g/mol. The van der Waals surface area contributed by atoms with Crippen LogP contribution in [0.3, 0.4) is 0 Å². The van der Waals surface area contributed by atoms with Gasteiger partial charge in [0.05, 0.1) is 0 Å². The van der Waals surface area contributed by atoms with E-state index < -0.39 is 18.2 Å². The molecule has 2 atom stereocenters. The summed E-state index contributed by atoms with van der Waals surface area (Å²) in [6.07, 6.45) is -1.74. The Hall–Kier alpha value is -2.82. The second kappa shape index (κ2) is 8.52. The van der Waals surface area contributed by atoms with Crippen molar-refractivity contribution in [3.8, 4) is 5.75 Å². The molecule has 0 unspecified atom stereocenters. The molecular formula is C21H25NO4. The number of hydrogen-bond acceptors (Lipinski definition) is 4. The van der Waals surface area contributed by atoms with Gasteiger partial charge < -0.3 is 14.8 Å². The summed E-state index contributed by atoms with van der Waals surface area (Å²) < 4.78 is 10.8. The average Bonchev–Trinajstić information content (AvgIpc) is 2.57. The minimum atomic E-state index is -0.924. The van der Waals surface area contributed by atoms with Gasteiger partial charge in [0.1, 0.15) is 5.75 Å². The predicted molar refractivity (Wildman–Crippen MR) is 101 cm³/mol. The number of rotatable bonds is 6. The highest BCUT2D eigenvalue weighted by Crippen LogP contribution is 2.17. The number of esters is 1. The van der Waals surface area contributed by atoms with Crippen molar-refractivity contribution in [2.45, 2.75) is 46.8 Å². The van der Waals surface area contributed by atoms with Crippen molar-refractivity contribution in [3.05, 3.63) is 59.2 Å². The molecule has 0 bridgehead atoms. The molecule has 0 aliphatic rings. The van der Waals surface area contributed by atoms with E-state index in [1.807, 2.05) is 57.2 Å². The lowest BCUT2D eigenvalue weighted by Crippen LogP contribution is -2.35. The molecule has 5 heteroatoms. The van der Waals surface area contributed by atoms with E-state index >= 15 is 0 Å². The van der Waals surface area contributed by atoms with Gasteiger partial charge in [0.25, 0.3) is 5.91 Å². The first kappa shape index (κ1) is 19.5. The fraction of sp³-hybridized carbons (Fsp3) is 0.333. The molecule has 0 aromatic heterocycles. The van der Waals surface area contributed by atoms with Crippen molar-refractivity contribution >= 4 is 17.6 Å². The second-order valence-corrected chi connectivity index (χ2v) is 6.46. The summed E-state index contributed by atoms with van der Waals surface area (Å²) in [5, 5.41) is 2.78. The number of amides is 1. The van der Waals surface area contributed by atoms with E-state index in [1.165, 1.54) is 6.92 Å². The van der Waals surface area contributed by atoms with Crippen molar-refractivity contribution in [3.63, 3.8) is 0 Å².